The maximum atomic E-state index is 10.9. The van der Waals surface area contributed by atoms with Gasteiger partial charge in [0.15, 0.2) is 5.43 Å². The van der Waals surface area contributed by atoms with E-state index in [1.165, 1.54) is 0 Å². The van der Waals surface area contributed by atoms with E-state index in [0.29, 0.717) is 11.8 Å². The number of halogens is 1. The molecule has 14 heavy (non-hydrogen) atoms. The van der Waals surface area contributed by atoms with Crippen LogP contribution in [0.4, 0.5) is 0 Å². The first-order chi connectivity index (χ1) is 6.63. The zero-order valence-corrected chi connectivity index (χ0v) is 10.2. The molecule has 0 radical (unpaired) electrons. The molecule has 0 aliphatic carbocycles. The summed E-state index contributed by atoms with van der Waals surface area (Å²) in [5.41, 5.74) is 0.0705. The van der Waals surface area contributed by atoms with E-state index in [0.717, 1.165) is 11.9 Å². The van der Waals surface area contributed by atoms with Gasteiger partial charge in [-0.05, 0) is 11.8 Å². The highest BCUT2D eigenvalue weighted by atomic mass is 79.9. The first-order valence-corrected chi connectivity index (χ1v) is 5.97. The lowest BCUT2D eigenvalue weighted by Crippen LogP contribution is -2.18. The standard InChI is InChI=1S/C11H16BrNO/c1-9(2)10(7-12)8-13-5-3-11(14)4-6-13/h3-6,9-10H,7-8H2,1-2H3. The van der Waals surface area contributed by atoms with Crippen molar-refractivity contribution in [2.24, 2.45) is 11.8 Å². The van der Waals surface area contributed by atoms with Crippen molar-refractivity contribution in [3.63, 3.8) is 0 Å². The molecule has 78 valence electrons. The number of hydrogen-bond donors (Lipinski definition) is 0. The van der Waals surface area contributed by atoms with Crippen LogP contribution >= 0.6 is 15.9 Å². The summed E-state index contributed by atoms with van der Waals surface area (Å²) in [5.74, 6) is 1.26. The molecule has 0 amide bonds. The maximum absolute atomic E-state index is 10.9. The first-order valence-electron chi connectivity index (χ1n) is 4.85. The lowest BCUT2D eigenvalue weighted by atomic mass is 9.98. The second kappa shape index (κ2) is 5.35. The summed E-state index contributed by atoms with van der Waals surface area (Å²) in [7, 11) is 0. The van der Waals surface area contributed by atoms with Crippen LogP contribution in [0.15, 0.2) is 29.3 Å². The Morgan fingerprint density at radius 1 is 1.36 bits per heavy atom. The highest BCUT2D eigenvalue weighted by molar-refractivity contribution is 9.09. The molecule has 0 bridgehead atoms. The second-order valence-corrected chi connectivity index (χ2v) is 4.54. The van der Waals surface area contributed by atoms with E-state index in [-0.39, 0.29) is 5.43 Å². The van der Waals surface area contributed by atoms with Crippen LogP contribution in [-0.2, 0) is 6.54 Å². The molecule has 0 fully saturated rings. The van der Waals surface area contributed by atoms with E-state index >= 15 is 0 Å². The molecule has 1 atom stereocenters. The van der Waals surface area contributed by atoms with Crippen LogP contribution in [0.1, 0.15) is 13.8 Å². The molecule has 0 saturated carbocycles. The van der Waals surface area contributed by atoms with E-state index in [1.54, 1.807) is 12.1 Å². The van der Waals surface area contributed by atoms with Crippen molar-refractivity contribution in [3.8, 4) is 0 Å². The summed E-state index contributed by atoms with van der Waals surface area (Å²) < 4.78 is 2.06. The number of pyridine rings is 1. The summed E-state index contributed by atoms with van der Waals surface area (Å²) in [6.07, 6.45) is 3.70. The van der Waals surface area contributed by atoms with Gasteiger partial charge >= 0.3 is 0 Å². The predicted molar refractivity (Wildman–Crippen MR) is 62.8 cm³/mol. The van der Waals surface area contributed by atoms with Gasteiger partial charge in [-0.15, -0.1) is 0 Å². The third-order valence-corrected chi connectivity index (χ3v) is 3.28. The molecular formula is C11H16BrNO. The summed E-state index contributed by atoms with van der Waals surface area (Å²) in [6, 6.07) is 3.21. The SMILES string of the molecule is CC(C)C(CBr)Cn1ccc(=O)cc1. The summed E-state index contributed by atoms with van der Waals surface area (Å²) in [6.45, 7) is 5.39. The van der Waals surface area contributed by atoms with Gasteiger partial charge in [-0.25, -0.2) is 0 Å². The maximum Gasteiger partial charge on any atom is 0.181 e. The first kappa shape index (κ1) is 11.5. The van der Waals surface area contributed by atoms with E-state index < -0.39 is 0 Å². The fourth-order valence-corrected chi connectivity index (χ4v) is 2.23. The van der Waals surface area contributed by atoms with Gasteiger partial charge in [0, 0.05) is 36.4 Å². The summed E-state index contributed by atoms with van der Waals surface area (Å²) in [5, 5.41) is 0.997. The number of rotatable bonds is 4. The van der Waals surface area contributed by atoms with Crippen molar-refractivity contribution in [2.45, 2.75) is 20.4 Å². The van der Waals surface area contributed by atoms with E-state index in [4.69, 9.17) is 0 Å². The van der Waals surface area contributed by atoms with Crippen molar-refractivity contribution in [3.05, 3.63) is 34.7 Å². The molecule has 0 spiro atoms. The highest BCUT2D eigenvalue weighted by Gasteiger charge is 2.11. The summed E-state index contributed by atoms with van der Waals surface area (Å²) >= 11 is 3.51. The predicted octanol–water partition coefficient (Wildman–Crippen LogP) is 2.52. The third-order valence-electron chi connectivity index (χ3n) is 2.45. The number of nitrogens with zero attached hydrogens (tertiary/aromatic N) is 1. The Labute approximate surface area is 93.1 Å². The zero-order valence-electron chi connectivity index (χ0n) is 8.61. The molecule has 2 nitrogen and oxygen atoms in total. The van der Waals surface area contributed by atoms with Crippen LogP contribution in [0.2, 0.25) is 0 Å². The smallest absolute Gasteiger partial charge is 0.181 e. The Morgan fingerprint density at radius 3 is 2.36 bits per heavy atom. The lowest BCUT2D eigenvalue weighted by Gasteiger charge is -2.19. The molecule has 0 aliphatic rings. The van der Waals surface area contributed by atoms with Crippen LogP contribution in [0.25, 0.3) is 0 Å². The molecule has 0 aliphatic heterocycles. The minimum absolute atomic E-state index is 0.0705. The Kier molecular flexibility index (Phi) is 4.39. The van der Waals surface area contributed by atoms with Crippen LogP contribution in [0, 0.1) is 11.8 Å². The molecule has 0 aromatic carbocycles. The average molecular weight is 258 g/mol. The highest BCUT2D eigenvalue weighted by Crippen LogP contribution is 2.15. The van der Waals surface area contributed by atoms with Gasteiger partial charge in [-0.1, -0.05) is 29.8 Å². The minimum Gasteiger partial charge on any atom is -0.354 e. The monoisotopic (exact) mass is 257 g/mol. The van der Waals surface area contributed by atoms with Crippen LogP contribution in [0.5, 0.6) is 0 Å². The van der Waals surface area contributed by atoms with Gasteiger partial charge in [0.2, 0.25) is 0 Å². The molecule has 1 aromatic rings. The van der Waals surface area contributed by atoms with Gasteiger partial charge in [-0.3, -0.25) is 4.79 Å². The fraction of sp³-hybridized carbons (Fsp3) is 0.545. The molecule has 1 aromatic heterocycles. The normalized spacial score (nSPS) is 13.1. The number of alkyl halides is 1. The van der Waals surface area contributed by atoms with E-state index in [9.17, 15) is 4.79 Å². The third kappa shape index (κ3) is 3.29. The van der Waals surface area contributed by atoms with Crippen LogP contribution in [0.3, 0.4) is 0 Å². The quantitative estimate of drug-likeness (QED) is 0.760. The van der Waals surface area contributed by atoms with E-state index in [2.05, 4.69) is 34.3 Å². The topological polar surface area (TPSA) is 22.0 Å². The molecule has 0 N–H and O–H groups in total. The molecule has 0 saturated heterocycles. The molecule has 1 heterocycles. The fourth-order valence-electron chi connectivity index (χ4n) is 1.27. The Bertz CT molecular complexity index is 312. The van der Waals surface area contributed by atoms with E-state index in [1.807, 2.05) is 12.4 Å². The van der Waals surface area contributed by atoms with Crippen molar-refractivity contribution in [1.82, 2.24) is 4.57 Å². The Balaban J connectivity index is 2.67. The van der Waals surface area contributed by atoms with Gasteiger partial charge < -0.3 is 4.57 Å². The van der Waals surface area contributed by atoms with Crippen molar-refractivity contribution in [1.29, 1.82) is 0 Å². The molecule has 1 unspecified atom stereocenters. The summed E-state index contributed by atoms with van der Waals surface area (Å²) in [4.78, 5) is 10.9. The minimum atomic E-state index is 0.0705. The molecule has 1 rings (SSSR count). The largest absolute Gasteiger partial charge is 0.354 e. The van der Waals surface area contributed by atoms with Gasteiger partial charge in [0.1, 0.15) is 0 Å². The molecular weight excluding hydrogens is 242 g/mol. The Morgan fingerprint density at radius 2 is 1.93 bits per heavy atom. The van der Waals surface area contributed by atoms with Gasteiger partial charge in [0.05, 0.1) is 0 Å². The van der Waals surface area contributed by atoms with Gasteiger partial charge in [-0.2, -0.15) is 0 Å². The lowest BCUT2D eigenvalue weighted by molar-refractivity contribution is 0.372. The van der Waals surface area contributed by atoms with Crippen molar-refractivity contribution in [2.75, 3.05) is 5.33 Å². The average Bonchev–Trinajstić information content (AvgIpc) is 2.16. The van der Waals surface area contributed by atoms with Crippen LogP contribution in [-0.4, -0.2) is 9.90 Å². The number of aromatic nitrogens is 1. The van der Waals surface area contributed by atoms with Crippen molar-refractivity contribution >= 4 is 15.9 Å². The second-order valence-electron chi connectivity index (χ2n) is 3.89. The van der Waals surface area contributed by atoms with Crippen LogP contribution < -0.4 is 5.43 Å². The van der Waals surface area contributed by atoms with Gasteiger partial charge in [0.25, 0.3) is 0 Å². The zero-order chi connectivity index (χ0) is 10.6. The van der Waals surface area contributed by atoms with Crippen molar-refractivity contribution < 1.29 is 0 Å². The molecule has 3 heteroatoms. The Hall–Kier alpha value is -0.570. The number of hydrogen-bond acceptors (Lipinski definition) is 1.